The predicted molar refractivity (Wildman–Crippen MR) is 59.4 cm³/mol. The molecule has 0 aromatic carbocycles. The monoisotopic (exact) mass is 215 g/mol. The summed E-state index contributed by atoms with van der Waals surface area (Å²) in [6.07, 6.45) is 4.89. The van der Waals surface area contributed by atoms with Crippen molar-refractivity contribution in [1.29, 1.82) is 0 Å². The number of hydrogen-bond acceptors (Lipinski definition) is 3. The minimum absolute atomic E-state index is 0.169. The maximum atomic E-state index is 11.1. The van der Waals surface area contributed by atoms with Gasteiger partial charge in [-0.2, -0.15) is 0 Å². The first kappa shape index (κ1) is 14.1. The number of amides is 1. The predicted octanol–water partition coefficient (Wildman–Crippen LogP) is 0.591. The molecule has 15 heavy (non-hydrogen) atoms. The van der Waals surface area contributed by atoms with Gasteiger partial charge in [0.25, 0.3) is 0 Å². The molecule has 4 heteroatoms. The number of carbonyl (C=O) groups excluding carboxylic acids is 1. The fourth-order valence-electron chi connectivity index (χ4n) is 1.08. The third-order valence-corrected chi connectivity index (χ3v) is 2.07. The summed E-state index contributed by atoms with van der Waals surface area (Å²) < 4.78 is 0. The topological polar surface area (TPSA) is 69.6 Å². The van der Waals surface area contributed by atoms with Crippen LogP contribution in [0.15, 0.2) is 12.2 Å². The zero-order chi connectivity index (χ0) is 11.7. The van der Waals surface area contributed by atoms with E-state index in [0.29, 0.717) is 6.42 Å². The summed E-state index contributed by atoms with van der Waals surface area (Å²) in [6, 6.07) is -0.606. The first-order chi connectivity index (χ1) is 7.15. The Morgan fingerprint density at radius 2 is 2.13 bits per heavy atom. The summed E-state index contributed by atoms with van der Waals surface area (Å²) in [6.45, 7) is 3.51. The van der Waals surface area contributed by atoms with Crippen LogP contribution in [0.5, 0.6) is 0 Å². The van der Waals surface area contributed by atoms with E-state index in [1.807, 2.05) is 13.0 Å². The van der Waals surface area contributed by atoms with E-state index in [1.54, 1.807) is 13.0 Å². The van der Waals surface area contributed by atoms with Crippen LogP contribution >= 0.6 is 0 Å². The van der Waals surface area contributed by atoms with E-state index in [-0.39, 0.29) is 12.5 Å². The molecular formula is C11H21NO3. The molecule has 2 atom stereocenters. The van der Waals surface area contributed by atoms with Gasteiger partial charge in [0.1, 0.15) is 0 Å². The van der Waals surface area contributed by atoms with Crippen LogP contribution in [0.25, 0.3) is 0 Å². The Kier molecular flexibility index (Phi) is 7.95. The summed E-state index contributed by atoms with van der Waals surface area (Å²) in [4.78, 5) is 11.1. The molecule has 0 aliphatic carbocycles. The molecule has 0 fully saturated rings. The number of unbranched alkanes of at least 4 members (excludes halogenated alkanes) is 1. The Hall–Kier alpha value is -0.870. The maximum Gasteiger partial charge on any atom is 0.220 e. The van der Waals surface area contributed by atoms with E-state index in [9.17, 15) is 9.90 Å². The van der Waals surface area contributed by atoms with Crippen LogP contribution in [0, 0.1) is 0 Å². The van der Waals surface area contributed by atoms with Gasteiger partial charge in [-0.3, -0.25) is 4.79 Å². The van der Waals surface area contributed by atoms with Crippen molar-refractivity contribution in [2.24, 2.45) is 0 Å². The van der Waals surface area contributed by atoms with E-state index in [0.717, 1.165) is 12.8 Å². The molecule has 2 unspecified atom stereocenters. The van der Waals surface area contributed by atoms with Crippen molar-refractivity contribution in [3.8, 4) is 0 Å². The Bertz CT molecular complexity index is 204. The van der Waals surface area contributed by atoms with Crippen LogP contribution in [-0.4, -0.2) is 34.9 Å². The molecule has 0 bridgehead atoms. The molecule has 1 amide bonds. The molecule has 0 aromatic rings. The quantitative estimate of drug-likeness (QED) is 0.544. The number of aliphatic hydroxyl groups is 2. The average Bonchev–Trinajstić information content (AvgIpc) is 2.25. The Morgan fingerprint density at radius 3 is 2.60 bits per heavy atom. The molecule has 0 heterocycles. The minimum Gasteiger partial charge on any atom is -0.394 e. The molecule has 0 saturated carbocycles. The second-order valence-corrected chi connectivity index (χ2v) is 3.42. The molecule has 0 radical (unpaired) electrons. The van der Waals surface area contributed by atoms with E-state index in [4.69, 9.17) is 5.11 Å². The first-order valence-electron chi connectivity index (χ1n) is 5.40. The van der Waals surface area contributed by atoms with Gasteiger partial charge in [0, 0.05) is 6.42 Å². The summed E-state index contributed by atoms with van der Waals surface area (Å²) in [5, 5.41) is 21.2. The summed E-state index contributed by atoms with van der Waals surface area (Å²) in [7, 11) is 0. The van der Waals surface area contributed by atoms with Crippen LogP contribution in [-0.2, 0) is 4.79 Å². The van der Waals surface area contributed by atoms with Crippen LogP contribution in [0.3, 0.4) is 0 Å². The number of carbonyl (C=O) groups is 1. The molecule has 0 spiro atoms. The average molecular weight is 215 g/mol. The molecule has 0 rings (SSSR count). The standard InChI is InChI=1S/C11H21NO3/c1-3-5-6-7-10(14)9(8-13)12-11(15)4-2/h6-7,9-10,13-14H,3-5,8H2,1-2H3,(H,12,15)/b7-6+. The first-order valence-corrected chi connectivity index (χ1v) is 5.40. The van der Waals surface area contributed by atoms with Gasteiger partial charge < -0.3 is 15.5 Å². The van der Waals surface area contributed by atoms with Crippen molar-refractivity contribution in [2.75, 3.05) is 6.61 Å². The Balaban J connectivity index is 4.09. The molecule has 0 aromatic heterocycles. The highest BCUT2D eigenvalue weighted by atomic mass is 16.3. The molecule has 0 aliphatic rings. The van der Waals surface area contributed by atoms with Crippen molar-refractivity contribution in [1.82, 2.24) is 5.32 Å². The van der Waals surface area contributed by atoms with Gasteiger partial charge in [0.15, 0.2) is 0 Å². The number of nitrogens with one attached hydrogen (secondary N) is 1. The third kappa shape index (κ3) is 6.25. The van der Waals surface area contributed by atoms with Gasteiger partial charge in [0.2, 0.25) is 5.91 Å². The smallest absolute Gasteiger partial charge is 0.220 e. The normalized spacial score (nSPS) is 15.2. The van der Waals surface area contributed by atoms with Crippen LogP contribution in [0.2, 0.25) is 0 Å². The molecule has 0 aliphatic heterocycles. The van der Waals surface area contributed by atoms with Gasteiger partial charge >= 0.3 is 0 Å². The fraction of sp³-hybridized carbons (Fsp3) is 0.727. The summed E-state index contributed by atoms with van der Waals surface area (Å²) >= 11 is 0. The van der Waals surface area contributed by atoms with Crippen LogP contribution in [0.4, 0.5) is 0 Å². The second kappa shape index (κ2) is 8.44. The van der Waals surface area contributed by atoms with Gasteiger partial charge in [-0.1, -0.05) is 32.4 Å². The fourth-order valence-corrected chi connectivity index (χ4v) is 1.08. The summed E-state index contributed by atoms with van der Waals surface area (Å²) in [5.74, 6) is -0.169. The van der Waals surface area contributed by atoms with Gasteiger partial charge in [-0.05, 0) is 6.42 Å². The second-order valence-electron chi connectivity index (χ2n) is 3.42. The zero-order valence-electron chi connectivity index (χ0n) is 9.44. The maximum absolute atomic E-state index is 11.1. The number of aliphatic hydroxyl groups excluding tert-OH is 2. The molecule has 4 nitrogen and oxygen atoms in total. The molecule has 88 valence electrons. The molecule has 0 saturated heterocycles. The lowest BCUT2D eigenvalue weighted by atomic mass is 10.1. The van der Waals surface area contributed by atoms with Crippen molar-refractivity contribution < 1.29 is 15.0 Å². The van der Waals surface area contributed by atoms with Crippen molar-refractivity contribution in [3.05, 3.63) is 12.2 Å². The number of allylic oxidation sites excluding steroid dienone is 1. The van der Waals surface area contributed by atoms with Crippen molar-refractivity contribution in [3.63, 3.8) is 0 Å². The zero-order valence-corrected chi connectivity index (χ0v) is 9.44. The molecular weight excluding hydrogens is 194 g/mol. The lowest BCUT2D eigenvalue weighted by Crippen LogP contribution is -2.44. The Morgan fingerprint density at radius 1 is 1.47 bits per heavy atom. The van der Waals surface area contributed by atoms with Crippen LogP contribution in [0.1, 0.15) is 33.1 Å². The SMILES string of the molecule is CCC/C=C/C(O)C(CO)NC(=O)CC. The largest absolute Gasteiger partial charge is 0.394 e. The highest BCUT2D eigenvalue weighted by molar-refractivity contribution is 5.75. The van der Waals surface area contributed by atoms with Gasteiger partial charge in [0.05, 0.1) is 18.8 Å². The number of hydrogen-bond donors (Lipinski definition) is 3. The minimum atomic E-state index is -0.822. The van der Waals surface area contributed by atoms with E-state index >= 15 is 0 Å². The molecule has 3 N–H and O–H groups in total. The highest BCUT2D eigenvalue weighted by Crippen LogP contribution is 1.98. The van der Waals surface area contributed by atoms with Crippen molar-refractivity contribution in [2.45, 2.75) is 45.3 Å². The van der Waals surface area contributed by atoms with Gasteiger partial charge in [-0.15, -0.1) is 0 Å². The van der Waals surface area contributed by atoms with E-state index in [1.165, 1.54) is 0 Å². The Labute approximate surface area is 91.0 Å². The highest BCUT2D eigenvalue weighted by Gasteiger charge is 2.16. The summed E-state index contributed by atoms with van der Waals surface area (Å²) in [5.41, 5.74) is 0. The number of rotatable bonds is 7. The van der Waals surface area contributed by atoms with E-state index < -0.39 is 12.1 Å². The van der Waals surface area contributed by atoms with E-state index in [2.05, 4.69) is 5.32 Å². The van der Waals surface area contributed by atoms with Crippen molar-refractivity contribution >= 4 is 5.91 Å². The third-order valence-electron chi connectivity index (χ3n) is 2.07. The lowest BCUT2D eigenvalue weighted by molar-refractivity contribution is -0.122. The lowest BCUT2D eigenvalue weighted by Gasteiger charge is -2.19. The van der Waals surface area contributed by atoms with Crippen LogP contribution < -0.4 is 5.32 Å². The van der Waals surface area contributed by atoms with Gasteiger partial charge in [-0.25, -0.2) is 0 Å².